The van der Waals surface area contributed by atoms with Crippen molar-refractivity contribution in [3.05, 3.63) is 53.1 Å². The van der Waals surface area contributed by atoms with Crippen molar-refractivity contribution in [3.63, 3.8) is 0 Å². The van der Waals surface area contributed by atoms with Gasteiger partial charge in [0.2, 0.25) is 0 Å². The molecule has 0 aliphatic carbocycles. The highest BCUT2D eigenvalue weighted by atomic mass is 16.5. The lowest BCUT2D eigenvalue weighted by atomic mass is 10.1. The van der Waals surface area contributed by atoms with E-state index in [4.69, 9.17) is 14.9 Å². The summed E-state index contributed by atoms with van der Waals surface area (Å²) in [4.78, 5) is 21.1. The first-order valence-corrected chi connectivity index (χ1v) is 7.55. The van der Waals surface area contributed by atoms with E-state index in [1.807, 2.05) is 6.92 Å². The van der Waals surface area contributed by atoms with E-state index in [0.29, 0.717) is 18.6 Å². The smallest absolute Gasteiger partial charge is 0.339 e. The molecular weight excluding hydrogens is 328 g/mol. The van der Waals surface area contributed by atoms with Gasteiger partial charge in [0, 0.05) is 0 Å². The standard InChI is InChI=1S/C9H10O4.C9H10O3/c1-2-13-7-5-3-4-6(8(7)10)9(11)12;1-2-6-4-3-5-7(8(6)10)9(11)12/h3-5,10H,2H2,1H3,(H,11,12);3-5,10H,2H2,1H3,(H,11,12). The molecule has 0 heterocycles. The van der Waals surface area contributed by atoms with Crippen LogP contribution in [0.2, 0.25) is 0 Å². The Kier molecular flexibility index (Phi) is 7.27. The number of benzene rings is 2. The van der Waals surface area contributed by atoms with Crippen molar-refractivity contribution in [3.8, 4) is 17.2 Å². The minimum absolute atomic E-state index is 0.0330. The lowest BCUT2D eigenvalue weighted by molar-refractivity contribution is 0.0682. The van der Waals surface area contributed by atoms with Crippen LogP contribution in [0.3, 0.4) is 0 Å². The van der Waals surface area contributed by atoms with Crippen molar-refractivity contribution >= 4 is 11.9 Å². The number of carbonyl (C=O) groups is 2. The van der Waals surface area contributed by atoms with Crippen LogP contribution in [0.15, 0.2) is 36.4 Å². The third-order valence-electron chi connectivity index (χ3n) is 3.26. The fraction of sp³-hybridized carbons (Fsp3) is 0.222. The third kappa shape index (κ3) is 5.13. The molecule has 0 saturated heterocycles. The van der Waals surface area contributed by atoms with E-state index in [-0.39, 0.29) is 28.4 Å². The van der Waals surface area contributed by atoms with Gasteiger partial charge in [-0.25, -0.2) is 9.59 Å². The van der Waals surface area contributed by atoms with Crippen LogP contribution < -0.4 is 4.74 Å². The highest BCUT2D eigenvalue weighted by Crippen LogP contribution is 2.29. The van der Waals surface area contributed by atoms with E-state index in [9.17, 15) is 19.8 Å². The van der Waals surface area contributed by atoms with E-state index in [2.05, 4.69) is 0 Å². The molecule has 25 heavy (non-hydrogen) atoms. The summed E-state index contributed by atoms with van der Waals surface area (Å²) in [6, 6.07) is 9.08. The highest BCUT2D eigenvalue weighted by Gasteiger charge is 2.13. The topological polar surface area (TPSA) is 124 Å². The summed E-state index contributed by atoms with van der Waals surface area (Å²) < 4.78 is 5.01. The predicted octanol–water partition coefficient (Wildman–Crippen LogP) is 3.14. The Morgan fingerprint density at radius 1 is 0.880 bits per heavy atom. The minimum atomic E-state index is -1.17. The third-order valence-corrected chi connectivity index (χ3v) is 3.26. The Bertz CT molecular complexity index is 753. The summed E-state index contributed by atoms with van der Waals surface area (Å²) in [5.74, 6) is -2.51. The summed E-state index contributed by atoms with van der Waals surface area (Å²) in [6.45, 7) is 4.00. The Balaban J connectivity index is 0.000000251. The van der Waals surface area contributed by atoms with Gasteiger partial charge in [-0.15, -0.1) is 0 Å². The van der Waals surface area contributed by atoms with Crippen LogP contribution >= 0.6 is 0 Å². The molecule has 0 aliphatic rings. The van der Waals surface area contributed by atoms with Crippen molar-refractivity contribution in [1.29, 1.82) is 0 Å². The van der Waals surface area contributed by atoms with Gasteiger partial charge < -0.3 is 25.2 Å². The van der Waals surface area contributed by atoms with E-state index >= 15 is 0 Å². The largest absolute Gasteiger partial charge is 0.507 e. The van der Waals surface area contributed by atoms with Gasteiger partial charge in [0.15, 0.2) is 11.5 Å². The van der Waals surface area contributed by atoms with Gasteiger partial charge in [-0.3, -0.25) is 0 Å². The van der Waals surface area contributed by atoms with Crippen LogP contribution in [-0.4, -0.2) is 39.0 Å². The van der Waals surface area contributed by atoms with Gasteiger partial charge in [-0.2, -0.15) is 0 Å². The summed E-state index contributed by atoms with van der Waals surface area (Å²) in [5, 5.41) is 36.0. The van der Waals surface area contributed by atoms with Gasteiger partial charge >= 0.3 is 11.9 Å². The number of hydrogen-bond acceptors (Lipinski definition) is 5. The normalized spacial score (nSPS) is 9.68. The molecule has 0 unspecified atom stereocenters. The van der Waals surface area contributed by atoms with E-state index in [1.54, 1.807) is 19.1 Å². The molecule has 0 spiro atoms. The Hall–Kier alpha value is -3.22. The first kappa shape index (κ1) is 19.8. The van der Waals surface area contributed by atoms with E-state index in [0.717, 1.165) is 0 Å². The zero-order valence-electron chi connectivity index (χ0n) is 13.9. The molecule has 7 heteroatoms. The van der Waals surface area contributed by atoms with Crippen molar-refractivity contribution in [2.45, 2.75) is 20.3 Å². The maximum atomic E-state index is 10.6. The Labute approximate surface area is 144 Å². The molecule has 2 aromatic carbocycles. The average Bonchev–Trinajstić information content (AvgIpc) is 2.57. The van der Waals surface area contributed by atoms with Crippen LogP contribution in [0, 0.1) is 0 Å². The molecule has 134 valence electrons. The van der Waals surface area contributed by atoms with Gasteiger partial charge in [-0.1, -0.05) is 25.1 Å². The lowest BCUT2D eigenvalue weighted by Crippen LogP contribution is -1.99. The van der Waals surface area contributed by atoms with Crippen molar-refractivity contribution in [2.75, 3.05) is 6.61 Å². The number of carboxylic acids is 2. The molecular formula is C18H20O7. The second kappa shape index (κ2) is 9.17. The van der Waals surface area contributed by atoms with E-state index in [1.165, 1.54) is 24.3 Å². The summed E-state index contributed by atoms with van der Waals surface area (Å²) >= 11 is 0. The van der Waals surface area contributed by atoms with Gasteiger partial charge in [0.05, 0.1) is 6.61 Å². The van der Waals surface area contributed by atoms with Crippen LogP contribution in [0.1, 0.15) is 40.1 Å². The van der Waals surface area contributed by atoms with Crippen LogP contribution in [0.4, 0.5) is 0 Å². The fourth-order valence-electron chi connectivity index (χ4n) is 2.02. The highest BCUT2D eigenvalue weighted by molar-refractivity contribution is 5.92. The first-order valence-electron chi connectivity index (χ1n) is 7.55. The second-order valence-electron chi connectivity index (χ2n) is 4.86. The predicted molar refractivity (Wildman–Crippen MR) is 90.7 cm³/mol. The quantitative estimate of drug-likeness (QED) is 0.654. The number of phenols is 2. The van der Waals surface area contributed by atoms with Crippen molar-refractivity contribution in [2.24, 2.45) is 0 Å². The first-order chi connectivity index (χ1) is 11.8. The number of rotatable bonds is 5. The summed E-state index contributed by atoms with van der Waals surface area (Å²) in [6.07, 6.45) is 0.632. The summed E-state index contributed by atoms with van der Waals surface area (Å²) in [7, 11) is 0. The minimum Gasteiger partial charge on any atom is -0.507 e. The Morgan fingerprint density at radius 2 is 1.40 bits per heavy atom. The monoisotopic (exact) mass is 348 g/mol. The average molecular weight is 348 g/mol. The van der Waals surface area contributed by atoms with Crippen molar-refractivity contribution in [1.82, 2.24) is 0 Å². The van der Waals surface area contributed by atoms with Crippen LogP contribution in [-0.2, 0) is 6.42 Å². The molecule has 0 bridgehead atoms. The molecule has 0 amide bonds. The molecule has 0 atom stereocenters. The Morgan fingerprint density at radius 3 is 1.88 bits per heavy atom. The molecule has 0 aliphatic heterocycles. The molecule has 2 rings (SSSR count). The maximum Gasteiger partial charge on any atom is 0.339 e. The van der Waals surface area contributed by atoms with E-state index < -0.39 is 11.9 Å². The van der Waals surface area contributed by atoms with Crippen molar-refractivity contribution < 1.29 is 34.8 Å². The number of para-hydroxylation sites is 2. The molecule has 7 nitrogen and oxygen atoms in total. The number of aryl methyl sites for hydroxylation is 1. The van der Waals surface area contributed by atoms with Gasteiger partial charge in [0.1, 0.15) is 16.9 Å². The lowest BCUT2D eigenvalue weighted by Gasteiger charge is -2.06. The molecule has 0 aromatic heterocycles. The molecule has 0 radical (unpaired) electrons. The van der Waals surface area contributed by atoms with Gasteiger partial charge in [-0.05, 0) is 37.1 Å². The number of carboxylic acid groups (broad SMARTS) is 2. The summed E-state index contributed by atoms with van der Waals surface area (Å²) in [5.41, 5.74) is 0.482. The fourth-order valence-corrected chi connectivity index (χ4v) is 2.02. The number of aromatic hydroxyl groups is 2. The number of ether oxygens (including phenoxy) is 1. The van der Waals surface area contributed by atoms with Gasteiger partial charge in [0.25, 0.3) is 0 Å². The molecule has 4 N–H and O–H groups in total. The second-order valence-corrected chi connectivity index (χ2v) is 4.86. The zero-order chi connectivity index (χ0) is 19.0. The maximum absolute atomic E-state index is 10.6. The molecule has 0 fully saturated rings. The number of aromatic carboxylic acids is 2. The number of hydrogen-bond donors (Lipinski definition) is 4. The molecule has 0 saturated carbocycles. The zero-order valence-corrected chi connectivity index (χ0v) is 13.9. The van der Waals surface area contributed by atoms with Crippen LogP contribution in [0.5, 0.6) is 17.2 Å². The molecule has 2 aromatic rings. The van der Waals surface area contributed by atoms with Crippen LogP contribution in [0.25, 0.3) is 0 Å². The SMILES string of the molecule is CCOc1cccc(C(=O)O)c1O.CCc1cccc(C(=O)O)c1O.